The summed E-state index contributed by atoms with van der Waals surface area (Å²) < 4.78 is 0. The molecule has 4 aromatic carbocycles. The molecule has 0 bridgehead atoms. The van der Waals surface area contributed by atoms with Crippen molar-refractivity contribution in [3.05, 3.63) is 181 Å². The van der Waals surface area contributed by atoms with Crippen LogP contribution >= 0.6 is 0 Å². The summed E-state index contributed by atoms with van der Waals surface area (Å²) >= 11 is 0. The number of hydrogen-bond acceptors (Lipinski definition) is 4. The first-order chi connectivity index (χ1) is 24.0. The van der Waals surface area contributed by atoms with Crippen LogP contribution in [0.2, 0.25) is 0 Å². The number of rotatable bonds is 13. The standard InChI is InChI=1S/C45H44N2O2/c1-34-31-36(25-29-44(34)46(38-15-7-3-8-16-38)39-17-9-4-10-18-39)23-27-42(48)33-43(49)28-24-37-26-30-45(35(2)32-37)47(40-19-11-5-12-20-40)41-21-13-6-14-22-41/h3-23,25-27,29-30,32,34-35,45H,24,28,31,33H2,1-2H3/b27-23+. The van der Waals surface area contributed by atoms with Crippen molar-refractivity contribution in [1.29, 1.82) is 0 Å². The van der Waals surface area contributed by atoms with Crippen LogP contribution in [0.4, 0.5) is 22.7 Å². The Morgan fingerprint density at radius 1 is 0.714 bits per heavy atom. The highest BCUT2D eigenvalue weighted by molar-refractivity contribution is 6.04. The van der Waals surface area contributed by atoms with E-state index in [1.807, 2.05) is 30.3 Å². The van der Waals surface area contributed by atoms with Crippen LogP contribution in [0.3, 0.4) is 0 Å². The molecule has 4 aromatic rings. The summed E-state index contributed by atoms with van der Waals surface area (Å²) in [4.78, 5) is 30.3. The van der Waals surface area contributed by atoms with Gasteiger partial charge in [0, 0.05) is 40.8 Å². The van der Waals surface area contributed by atoms with Gasteiger partial charge in [0.2, 0.25) is 0 Å². The van der Waals surface area contributed by atoms with E-state index in [9.17, 15) is 9.59 Å². The van der Waals surface area contributed by atoms with Crippen molar-refractivity contribution in [2.75, 3.05) is 9.80 Å². The van der Waals surface area contributed by atoms with Crippen LogP contribution in [0.1, 0.15) is 39.5 Å². The van der Waals surface area contributed by atoms with Gasteiger partial charge in [0.15, 0.2) is 5.78 Å². The Kier molecular flexibility index (Phi) is 11.0. The molecule has 0 aromatic heterocycles. The number of nitrogens with zero attached hydrogens (tertiary/aromatic N) is 2. The fourth-order valence-electron chi connectivity index (χ4n) is 6.78. The Hall–Kier alpha value is -5.48. The van der Waals surface area contributed by atoms with Gasteiger partial charge in [-0.2, -0.15) is 0 Å². The molecule has 4 heteroatoms. The maximum Gasteiger partial charge on any atom is 0.163 e. The van der Waals surface area contributed by atoms with E-state index < -0.39 is 0 Å². The number of Topliss-reactive ketones (excluding diaryl/α,β-unsaturated/α-hetero) is 1. The van der Waals surface area contributed by atoms with Crippen LogP contribution in [0.5, 0.6) is 0 Å². The molecular weight excluding hydrogens is 601 g/mol. The summed E-state index contributed by atoms with van der Waals surface area (Å²) in [6.07, 6.45) is 16.1. The maximum atomic E-state index is 12.9. The molecule has 0 aliphatic heterocycles. The zero-order chi connectivity index (χ0) is 34.0. The van der Waals surface area contributed by atoms with Gasteiger partial charge in [-0.15, -0.1) is 0 Å². The molecule has 0 amide bonds. The average Bonchev–Trinajstić information content (AvgIpc) is 3.13. The smallest absolute Gasteiger partial charge is 0.163 e. The predicted molar refractivity (Wildman–Crippen MR) is 203 cm³/mol. The van der Waals surface area contributed by atoms with E-state index in [0.29, 0.717) is 12.8 Å². The number of anilines is 4. The summed E-state index contributed by atoms with van der Waals surface area (Å²) in [6, 6.07) is 41.8. The fourth-order valence-corrected chi connectivity index (χ4v) is 6.78. The highest BCUT2D eigenvalue weighted by Crippen LogP contribution is 2.37. The molecule has 0 fully saturated rings. The fraction of sp³-hybridized carbons (Fsp3) is 0.200. The first-order valence-electron chi connectivity index (χ1n) is 17.3. The summed E-state index contributed by atoms with van der Waals surface area (Å²) in [5.41, 5.74) is 7.95. The summed E-state index contributed by atoms with van der Waals surface area (Å²) in [5.74, 6) is 0.316. The zero-order valence-corrected chi connectivity index (χ0v) is 28.4. The van der Waals surface area contributed by atoms with Crippen molar-refractivity contribution >= 4 is 34.3 Å². The lowest BCUT2D eigenvalue weighted by molar-refractivity contribution is -0.124. The number of hydrogen-bond donors (Lipinski definition) is 0. The third kappa shape index (κ3) is 8.52. The summed E-state index contributed by atoms with van der Waals surface area (Å²) in [7, 11) is 0. The van der Waals surface area contributed by atoms with Crippen LogP contribution in [0, 0.1) is 11.8 Å². The molecule has 3 atom stereocenters. The minimum Gasteiger partial charge on any atom is -0.334 e. The third-order valence-corrected chi connectivity index (χ3v) is 9.24. The average molecular weight is 645 g/mol. The van der Waals surface area contributed by atoms with Gasteiger partial charge in [0.1, 0.15) is 5.78 Å². The van der Waals surface area contributed by atoms with Crippen molar-refractivity contribution in [3.8, 4) is 0 Å². The molecule has 0 heterocycles. The zero-order valence-electron chi connectivity index (χ0n) is 28.4. The van der Waals surface area contributed by atoms with Crippen LogP contribution in [-0.2, 0) is 9.59 Å². The molecule has 4 nitrogen and oxygen atoms in total. The molecule has 0 saturated carbocycles. The first kappa shape index (κ1) is 33.4. The summed E-state index contributed by atoms with van der Waals surface area (Å²) in [5, 5.41) is 0. The Labute approximate surface area is 291 Å². The van der Waals surface area contributed by atoms with Crippen molar-refractivity contribution < 1.29 is 9.59 Å². The molecule has 2 aliphatic carbocycles. The van der Waals surface area contributed by atoms with E-state index in [4.69, 9.17) is 0 Å². The van der Waals surface area contributed by atoms with Crippen LogP contribution in [0.25, 0.3) is 0 Å². The molecule has 246 valence electrons. The maximum absolute atomic E-state index is 12.9. The number of benzene rings is 4. The van der Waals surface area contributed by atoms with Crippen LogP contribution < -0.4 is 9.80 Å². The molecular formula is C45H44N2O2. The second-order valence-corrected chi connectivity index (χ2v) is 13.0. The Morgan fingerprint density at radius 3 is 1.76 bits per heavy atom. The molecule has 3 unspecified atom stereocenters. The lowest BCUT2D eigenvalue weighted by Gasteiger charge is -2.36. The van der Waals surface area contributed by atoms with E-state index in [0.717, 1.165) is 40.3 Å². The number of ketones is 2. The molecule has 0 spiro atoms. The van der Waals surface area contributed by atoms with Gasteiger partial charge in [0.05, 0.1) is 12.5 Å². The Bertz CT molecular complexity index is 1790. The van der Waals surface area contributed by atoms with E-state index in [1.165, 1.54) is 5.70 Å². The van der Waals surface area contributed by atoms with Crippen LogP contribution in [-0.4, -0.2) is 17.6 Å². The van der Waals surface area contributed by atoms with Gasteiger partial charge in [-0.05, 0) is 85.0 Å². The molecule has 6 rings (SSSR count). The minimum absolute atomic E-state index is 0.0246. The monoisotopic (exact) mass is 644 g/mol. The number of carbonyl (C=O) groups excluding carboxylic acids is 2. The van der Waals surface area contributed by atoms with Crippen molar-refractivity contribution in [2.24, 2.45) is 11.8 Å². The van der Waals surface area contributed by atoms with E-state index >= 15 is 0 Å². The second kappa shape index (κ2) is 16.1. The SMILES string of the molecule is CC1CC(/C=C/C(=O)CC(=O)CCC2=CC(C)C(N(c3ccccc3)c3ccccc3)C=C2)=CC=C1N(c1ccccc1)c1ccccc1. The van der Waals surface area contributed by atoms with E-state index in [-0.39, 0.29) is 35.9 Å². The molecule has 49 heavy (non-hydrogen) atoms. The van der Waals surface area contributed by atoms with Gasteiger partial charge in [-0.3, -0.25) is 9.59 Å². The summed E-state index contributed by atoms with van der Waals surface area (Å²) in [6.45, 7) is 4.44. The molecule has 0 radical (unpaired) electrons. The quantitative estimate of drug-likeness (QED) is 0.107. The normalized spacial score (nSPS) is 18.7. The lowest BCUT2D eigenvalue weighted by atomic mass is 9.89. The molecule has 0 N–H and O–H groups in total. The van der Waals surface area contributed by atoms with E-state index in [1.54, 1.807) is 6.08 Å². The predicted octanol–water partition coefficient (Wildman–Crippen LogP) is 10.9. The minimum atomic E-state index is -0.147. The third-order valence-electron chi connectivity index (χ3n) is 9.24. The number of allylic oxidation sites excluding steroid dienone is 8. The number of carbonyl (C=O) groups is 2. The topological polar surface area (TPSA) is 40.6 Å². The second-order valence-electron chi connectivity index (χ2n) is 13.0. The van der Waals surface area contributed by atoms with Gasteiger partial charge in [-0.25, -0.2) is 0 Å². The highest BCUT2D eigenvalue weighted by Gasteiger charge is 2.26. The Balaban J connectivity index is 1.04. The number of para-hydroxylation sites is 4. The van der Waals surface area contributed by atoms with Crippen molar-refractivity contribution in [2.45, 2.75) is 45.6 Å². The molecule has 0 saturated heterocycles. The Morgan fingerprint density at radius 2 is 1.24 bits per heavy atom. The van der Waals surface area contributed by atoms with Gasteiger partial charge in [-0.1, -0.05) is 123 Å². The lowest BCUT2D eigenvalue weighted by Crippen LogP contribution is -2.35. The largest absolute Gasteiger partial charge is 0.334 e. The highest BCUT2D eigenvalue weighted by atomic mass is 16.1. The first-order valence-corrected chi connectivity index (χ1v) is 17.3. The van der Waals surface area contributed by atoms with E-state index in [2.05, 4.69) is 151 Å². The van der Waals surface area contributed by atoms with Gasteiger partial charge < -0.3 is 9.80 Å². The molecule has 2 aliphatic rings. The van der Waals surface area contributed by atoms with Crippen LogP contribution in [0.15, 0.2) is 181 Å². The van der Waals surface area contributed by atoms with Gasteiger partial charge >= 0.3 is 0 Å². The van der Waals surface area contributed by atoms with Crippen molar-refractivity contribution in [3.63, 3.8) is 0 Å². The van der Waals surface area contributed by atoms with Crippen molar-refractivity contribution in [1.82, 2.24) is 0 Å². The van der Waals surface area contributed by atoms with Gasteiger partial charge in [0.25, 0.3) is 0 Å².